The van der Waals surface area contributed by atoms with Crippen LogP contribution in [0.25, 0.3) is 0 Å². The van der Waals surface area contributed by atoms with Gasteiger partial charge in [-0.2, -0.15) is 17.5 Å². The van der Waals surface area contributed by atoms with Gasteiger partial charge in [0.2, 0.25) is 15.9 Å². The number of alkyl halides is 3. The molecule has 8 nitrogen and oxygen atoms in total. The molecular weight excluding hydrogens is 555 g/mol. The number of benzene rings is 1. The zero-order valence-electron chi connectivity index (χ0n) is 23.8. The molecule has 41 heavy (non-hydrogen) atoms. The van der Waals surface area contributed by atoms with Crippen molar-refractivity contribution in [3.63, 3.8) is 0 Å². The molecule has 2 aromatic rings. The minimum atomic E-state index is -4.65. The molecule has 0 radical (unpaired) electrons. The lowest BCUT2D eigenvalue weighted by atomic mass is 9.88. The maximum absolute atomic E-state index is 13.7. The molecule has 3 atom stereocenters. The first kappa shape index (κ1) is 30.1. The predicted molar refractivity (Wildman–Crippen MR) is 150 cm³/mol. The van der Waals surface area contributed by atoms with E-state index in [0.717, 1.165) is 69.7 Å². The summed E-state index contributed by atoms with van der Waals surface area (Å²) in [6.07, 6.45) is 1.72. The van der Waals surface area contributed by atoms with Gasteiger partial charge < -0.3 is 14.4 Å². The van der Waals surface area contributed by atoms with E-state index >= 15 is 0 Å². The molecule has 0 bridgehead atoms. The number of halogens is 3. The van der Waals surface area contributed by atoms with Crippen LogP contribution in [0.2, 0.25) is 0 Å². The van der Waals surface area contributed by atoms with Crippen molar-refractivity contribution in [1.82, 2.24) is 23.6 Å². The van der Waals surface area contributed by atoms with Gasteiger partial charge >= 0.3 is 6.18 Å². The highest BCUT2D eigenvalue weighted by atomic mass is 32.2. The van der Waals surface area contributed by atoms with E-state index in [-0.39, 0.29) is 31.3 Å². The quantitative estimate of drug-likeness (QED) is 0.483. The summed E-state index contributed by atoms with van der Waals surface area (Å²) in [7, 11) is -0.252. The molecule has 5 rings (SSSR count). The number of hydrogen-bond acceptors (Lipinski definition) is 5. The van der Waals surface area contributed by atoms with E-state index in [1.54, 1.807) is 0 Å². The number of nitrogens with zero attached hydrogens (tertiary/aromatic N) is 5. The zero-order chi connectivity index (χ0) is 29.4. The molecule has 1 saturated carbocycles. The lowest BCUT2D eigenvalue weighted by Gasteiger charge is -2.43. The Hall–Kier alpha value is -2.41. The molecule has 0 N–H and O–H groups in total. The lowest BCUT2D eigenvalue weighted by molar-refractivity contribution is -0.137. The van der Waals surface area contributed by atoms with Crippen molar-refractivity contribution in [3.05, 3.63) is 53.9 Å². The number of piperazine rings is 1. The molecule has 2 aliphatic heterocycles. The molecule has 1 aromatic heterocycles. The average molecular weight is 596 g/mol. The van der Waals surface area contributed by atoms with Crippen molar-refractivity contribution < 1.29 is 26.4 Å². The van der Waals surface area contributed by atoms with Crippen molar-refractivity contribution in [3.8, 4) is 0 Å². The number of sulfonamides is 1. The molecule has 1 aromatic carbocycles. The Kier molecular flexibility index (Phi) is 8.84. The molecule has 2 fully saturated rings. The Bertz CT molecular complexity index is 1320. The number of aromatic nitrogens is 1. The largest absolute Gasteiger partial charge is 0.416 e. The van der Waals surface area contributed by atoms with E-state index in [1.807, 2.05) is 34.8 Å². The van der Waals surface area contributed by atoms with Gasteiger partial charge in [-0.3, -0.25) is 9.69 Å². The van der Waals surface area contributed by atoms with Gasteiger partial charge in [0.25, 0.3) is 0 Å². The van der Waals surface area contributed by atoms with Crippen molar-refractivity contribution >= 4 is 15.9 Å². The van der Waals surface area contributed by atoms with Crippen molar-refractivity contribution in [2.45, 2.75) is 74.3 Å². The Balaban J connectivity index is 1.29. The topological polar surface area (TPSA) is 69.1 Å². The maximum atomic E-state index is 13.7. The van der Waals surface area contributed by atoms with E-state index in [0.29, 0.717) is 18.7 Å². The van der Waals surface area contributed by atoms with E-state index in [1.165, 1.54) is 10.4 Å². The average Bonchev–Trinajstić information content (AvgIpc) is 3.45. The molecule has 1 saturated heterocycles. The molecule has 226 valence electrons. The smallest absolute Gasteiger partial charge is 0.349 e. The van der Waals surface area contributed by atoms with Gasteiger partial charge in [0.1, 0.15) is 0 Å². The second-order valence-electron chi connectivity index (χ2n) is 11.6. The fourth-order valence-electron chi connectivity index (χ4n) is 6.64. The second kappa shape index (κ2) is 12.1. The molecule has 3 aliphatic rings. The first-order chi connectivity index (χ1) is 19.4. The van der Waals surface area contributed by atoms with Crippen LogP contribution in [0, 0.1) is 0 Å². The summed E-state index contributed by atoms with van der Waals surface area (Å²) in [5, 5.41) is 0. The van der Waals surface area contributed by atoms with Crippen LogP contribution in [0.3, 0.4) is 0 Å². The van der Waals surface area contributed by atoms with Gasteiger partial charge in [-0.15, -0.1) is 0 Å². The number of hydrogen-bond donors (Lipinski definition) is 0. The maximum Gasteiger partial charge on any atom is 0.416 e. The van der Waals surface area contributed by atoms with Gasteiger partial charge in [0, 0.05) is 76.7 Å². The SMILES string of the molecule is CN1CCN(C2CCCC(N(C)C(=O)CCC3c4cccn4CCN3S(=O)(=O)c3cccc(C(F)(F)F)c3)C2)CC1. The Morgan fingerprint density at radius 2 is 1.78 bits per heavy atom. The number of fused-ring (bicyclic) bond motifs is 1. The van der Waals surface area contributed by atoms with Crippen LogP contribution in [0.15, 0.2) is 47.5 Å². The minimum Gasteiger partial charge on any atom is -0.349 e. The normalized spacial score (nSPS) is 25.1. The molecule has 0 spiro atoms. The van der Waals surface area contributed by atoms with E-state index < -0.39 is 32.7 Å². The summed E-state index contributed by atoms with van der Waals surface area (Å²) in [5.74, 6) is -0.0332. The van der Waals surface area contributed by atoms with Crippen molar-refractivity contribution in [2.24, 2.45) is 0 Å². The highest BCUT2D eigenvalue weighted by molar-refractivity contribution is 7.89. The first-order valence-electron chi connectivity index (χ1n) is 14.5. The van der Waals surface area contributed by atoms with Crippen molar-refractivity contribution in [2.75, 3.05) is 46.8 Å². The summed E-state index contributed by atoms with van der Waals surface area (Å²) >= 11 is 0. The highest BCUT2D eigenvalue weighted by Gasteiger charge is 2.39. The number of carbonyl (C=O) groups excluding carboxylic acids is 1. The van der Waals surface area contributed by atoms with Gasteiger partial charge in [0.15, 0.2) is 0 Å². The lowest BCUT2D eigenvalue weighted by Crippen LogP contribution is -2.52. The van der Waals surface area contributed by atoms with Gasteiger partial charge in [0.05, 0.1) is 16.5 Å². The molecule has 1 amide bonds. The first-order valence-corrected chi connectivity index (χ1v) is 15.9. The molecule has 3 unspecified atom stereocenters. The summed E-state index contributed by atoms with van der Waals surface area (Å²) in [4.78, 5) is 19.8. The van der Waals surface area contributed by atoms with Crippen LogP contribution in [0.1, 0.15) is 55.8 Å². The summed E-state index contributed by atoms with van der Waals surface area (Å²) in [6, 6.07) is 7.49. The van der Waals surface area contributed by atoms with Crippen LogP contribution in [0.4, 0.5) is 13.2 Å². The molecule has 1 aliphatic carbocycles. The third-order valence-electron chi connectivity index (χ3n) is 9.13. The molecule has 12 heteroatoms. The summed E-state index contributed by atoms with van der Waals surface area (Å²) in [6.45, 7) is 4.70. The Morgan fingerprint density at radius 1 is 1.02 bits per heavy atom. The second-order valence-corrected chi connectivity index (χ2v) is 13.5. The zero-order valence-corrected chi connectivity index (χ0v) is 24.6. The van der Waals surface area contributed by atoms with E-state index in [4.69, 9.17) is 0 Å². The monoisotopic (exact) mass is 595 g/mol. The van der Waals surface area contributed by atoms with Gasteiger partial charge in [-0.05, 0) is 69.5 Å². The minimum absolute atomic E-state index is 0.0332. The van der Waals surface area contributed by atoms with Crippen LogP contribution in [0.5, 0.6) is 0 Å². The van der Waals surface area contributed by atoms with Gasteiger partial charge in [-0.1, -0.05) is 6.07 Å². The van der Waals surface area contributed by atoms with E-state index in [9.17, 15) is 26.4 Å². The Morgan fingerprint density at radius 3 is 2.51 bits per heavy atom. The highest BCUT2D eigenvalue weighted by Crippen LogP contribution is 2.37. The molecular formula is C29H40F3N5O3S. The third kappa shape index (κ3) is 6.50. The number of carbonyl (C=O) groups is 1. The van der Waals surface area contributed by atoms with Gasteiger partial charge in [-0.25, -0.2) is 8.42 Å². The number of amides is 1. The Labute approximate surface area is 240 Å². The molecule has 3 heterocycles. The fraction of sp³-hybridized carbons (Fsp3) is 0.621. The number of likely N-dealkylation sites (N-methyl/N-ethyl adjacent to an activating group) is 1. The van der Waals surface area contributed by atoms with Crippen LogP contribution >= 0.6 is 0 Å². The third-order valence-corrected chi connectivity index (χ3v) is 11.0. The van der Waals surface area contributed by atoms with Crippen LogP contribution < -0.4 is 0 Å². The summed E-state index contributed by atoms with van der Waals surface area (Å²) < 4.78 is 70.7. The number of rotatable bonds is 7. The predicted octanol–water partition coefficient (Wildman–Crippen LogP) is 4.05. The fourth-order valence-corrected chi connectivity index (χ4v) is 8.31. The van der Waals surface area contributed by atoms with Crippen LogP contribution in [-0.4, -0.2) is 96.8 Å². The summed E-state index contributed by atoms with van der Waals surface area (Å²) in [5.41, 5.74) is -0.260. The van der Waals surface area contributed by atoms with E-state index in [2.05, 4.69) is 16.8 Å². The van der Waals surface area contributed by atoms with Crippen LogP contribution in [-0.2, 0) is 27.5 Å². The van der Waals surface area contributed by atoms with Crippen molar-refractivity contribution in [1.29, 1.82) is 0 Å². The standard InChI is InChI=1S/C29H40F3N5O3S/c1-33-14-16-35(17-15-33)24-8-4-7-23(21-24)34(2)28(38)12-11-27-26-10-5-13-36(26)18-19-37(27)41(39,40)25-9-3-6-22(20-25)29(30,31)32/h3,5-6,9-10,13,20,23-24,27H,4,7-8,11-12,14-19,21H2,1-2H3.